The van der Waals surface area contributed by atoms with Gasteiger partial charge >= 0.3 is 0 Å². The summed E-state index contributed by atoms with van der Waals surface area (Å²) in [6.45, 7) is 4.72. The molecule has 0 saturated heterocycles. The fourth-order valence-electron chi connectivity index (χ4n) is 2.47. The average molecular weight is 340 g/mol. The van der Waals surface area contributed by atoms with Crippen LogP contribution in [0.5, 0.6) is 5.75 Å². The van der Waals surface area contributed by atoms with Crippen molar-refractivity contribution >= 4 is 11.8 Å². The second-order valence-electron chi connectivity index (χ2n) is 5.83. The number of benzene rings is 2. The lowest BCUT2D eigenvalue weighted by molar-refractivity contribution is -0.132. The smallest absolute Gasteiger partial charge is 0.251 e. The molecule has 0 bridgehead atoms. The molecule has 1 atom stereocenters. The number of nitrogens with one attached hydrogen (secondary N) is 1. The third kappa shape index (κ3) is 5.35. The van der Waals surface area contributed by atoms with E-state index in [1.807, 2.05) is 37.3 Å². The second kappa shape index (κ2) is 8.87. The molecule has 0 heterocycles. The highest BCUT2D eigenvalue weighted by molar-refractivity contribution is 5.97. The highest BCUT2D eigenvalue weighted by Gasteiger charge is 2.20. The number of rotatable bonds is 7. The molecule has 0 saturated carbocycles. The number of carbonyl (C=O) groups is 2. The molecule has 0 spiro atoms. The van der Waals surface area contributed by atoms with E-state index in [2.05, 4.69) is 5.32 Å². The summed E-state index contributed by atoms with van der Waals surface area (Å²) < 4.78 is 5.41. The number of hydrogen-bond donors (Lipinski definition) is 1. The molecule has 0 aliphatic carbocycles. The van der Waals surface area contributed by atoms with Crippen molar-refractivity contribution in [3.05, 3.63) is 65.7 Å². The van der Waals surface area contributed by atoms with Crippen molar-refractivity contribution in [3.63, 3.8) is 0 Å². The number of hydrogen-bond acceptors (Lipinski definition) is 3. The molecule has 2 aromatic rings. The topological polar surface area (TPSA) is 58.6 Å². The number of ether oxygens (including phenoxy) is 1. The molecule has 0 aliphatic heterocycles. The molecule has 2 rings (SSSR count). The van der Waals surface area contributed by atoms with Crippen molar-refractivity contribution in [2.24, 2.45) is 0 Å². The third-order valence-electron chi connectivity index (χ3n) is 3.78. The lowest BCUT2D eigenvalue weighted by atomic mass is 10.1. The molecule has 25 heavy (non-hydrogen) atoms. The first kappa shape index (κ1) is 18.5. The van der Waals surface area contributed by atoms with Crippen LogP contribution in [0, 0.1) is 0 Å². The molecule has 2 amide bonds. The summed E-state index contributed by atoms with van der Waals surface area (Å²) in [5, 5.41) is 2.74. The highest BCUT2D eigenvalue weighted by Crippen LogP contribution is 2.13. The van der Waals surface area contributed by atoms with Crippen LogP contribution < -0.4 is 10.1 Å². The monoisotopic (exact) mass is 340 g/mol. The lowest BCUT2D eigenvalue weighted by Crippen LogP contribution is -2.45. The van der Waals surface area contributed by atoms with E-state index in [0.717, 1.165) is 11.3 Å². The minimum atomic E-state index is -0.597. The molecule has 0 aromatic heterocycles. The summed E-state index contributed by atoms with van der Waals surface area (Å²) in [7, 11) is 1.73. The standard InChI is InChI=1S/C20H24N2O3/c1-4-25-18-12-10-16(11-13-18)14-22(3)20(24)15(2)21-19(23)17-8-6-5-7-9-17/h5-13,15H,4,14H2,1-3H3,(H,21,23). The van der Waals surface area contributed by atoms with Gasteiger partial charge in [0.15, 0.2) is 0 Å². The molecule has 132 valence electrons. The molecule has 5 heteroatoms. The summed E-state index contributed by atoms with van der Waals surface area (Å²) in [5.74, 6) is 0.415. The summed E-state index contributed by atoms with van der Waals surface area (Å²) in [4.78, 5) is 26.2. The predicted molar refractivity (Wildman–Crippen MR) is 97.5 cm³/mol. The molecular weight excluding hydrogens is 316 g/mol. The van der Waals surface area contributed by atoms with Crippen LogP contribution >= 0.6 is 0 Å². The van der Waals surface area contributed by atoms with Gasteiger partial charge < -0.3 is 15.0 Å². The van der Waals surface area contributed by atoms with E-state index < -0.39 is 6.04 Å². The van der Waals surface area contributed by atoms with E-state index in [9.17, 15) is 9.59 Å². The molecule has 2 aromatic carbocycles. The van der Waals surface area contributed by atoms with Gasteiger partial charge in [-0.3, -0.25) is 9.59 Å². The fourth-order valence-corrected chi connectivity index (χ4v) is 2.47. The van der Waals surface area contributed by atoms with Gasteiger partial charge in [-0.15, -0.1) is 0 Å². The summed E-state index contributed by atoms with van der Waals surface area (Å²) in [6, 6.07) is 15.9. The minimum absolute atomic E-state index is 0.141. The van der Waals surface area contributed by atoms with Crippen LogP contribution in [-0.4, -0.2) is 36.4 Å². The van der Waals surface area contributed by atoms with E-state index in [4.69, 9.17) is 4.74 Å². The Morgan fingerprint density at radius 2 is 1.72 bits per heavy atom. The van der Waals surface area contributed by atoms with Crippen molar-refractivity contribution < 1.29 is 14.3 Å². The van der Waals surface area contributed by atoms with Gasteiger partial charge in [-0.25, -0.2) is 0 Å². The van der Waals surface area contributed by atoms with Crippen LogP contribution in [0.3, 0.4) is 0 Å². The molecule has 1 unspecified atom stereocenters. The Bertz CT molecular complexity index is 699. The second-order valence-corrected chi connectivity index (χ2v) is 5.83. The summed E-state index contributed by atoms with van der Waals surface area (Å²) in [5.41, 5.74) is 1.54. The number of likely N-dealkylation sites (N-methyl/N-ethyl adjacent to an activating group) is 1. The van der Waals surface area contributed by atoms with E-state index in [-0.39, 0.29) is 11.8 Å². The molecule has 1 N–H and O–H groups in total. The van der Waals surface area contributed by atoms with E-state index >= 15 is 0 Å². The van der Waals surface area contributed by atoms with Crippen molar-refractivity contribution in [3.8, 4) is 5.75 Å². The van der Waals surface area contributed by atoms with E-state index in [1.165, 1.54) is 0 Å². The van der Waals surface area contributed by atoms with Crippen molar-refractivity contribution in [2.75, 3.05) is 13.7 Å². The van der Waals surface area contributed by atoms with Gasteiger partial charge in [0.1, 0.15) is 11.8 Å². The Hall–Kier alpha value is -2.82. The molecule has 0 fully saturated rings. The quantitative estimate of drug-likeness (QED) is 0.843. The zero-order chi connectivity index (χ0) is 18.2. The SMILES string of the molecule is CCOc1ccc(CN(C)C(=O)C(C)NC(=O)c2ccccc2)cc1. The van der Waals surface area contributed by atoms with Gasteiger partial charge in [0.05, 0.1) is 6.61 Å². The average Bonchev–Trinajstić information content (AvgIpc) is 2.63. The zero-order valence-corrected chi connectivity index (χ0v) is 14.9. The molecule has 0 aliphatic rings. The lowest BCUT2D eigenvalue weighted by Gasteiger charge is -2.22. The number of nitrogens with zero attached hydrogens (tertiary/aromatic N) is 1. The van der Waals surface area contributed by atoms with Gasteiger partial charge in [0.25, 0.3) is 5.91 Å². The van der Waals surface area contributed by atoms with Crippen molar-refractivity contribution in [1.29, 1.82) is 0 Å². The first-order chi connectivity index (χ1) is 12.0. The predicted octanol–water partition coefficient (Wildman–Crippen LogP) is 2.86. The largest absolute Gasteiger partial charge is 0.494 e. The van der Waals surface area contributed by atoms with Crippen LogP contribution in [-0.2, 0) is 11.3 Å². The van der Waals surface area contributed by atoms with Gasteiger partial charge in [0, 0.05) is 19.2 Å². The summed E-state index contributed by atoms with van der Waals surface area (Å²) >= 11 is 0. The summed E-state index contributed by atoms with van der Waals surface area (Å²) in [6.07, 6.45) is 0. The van der Waals surface area contributed by atoms with Crippen LogP contribution in [0.25, 0.3) is 0 Å². The Kier molecular flexibility index (Phi) is 6.57. The van der Waals surface area contributed by atoms with E-state index in [1.54, 1.807) is 43.1 Å². The van der Waals surface area contributed by atoms with Gasteiger partial charge in [-0.1, -0.05) is 30.3 Å². The first-order valence-corrected chi connectivity index (χ1v) is 8.34. The number of amides is 2. The maximum atomic E-state index is 12.5. The minimum Gasteiger partial charge on any atom is -0.494 e. The molecule has 0 radical (unpaired) electrons. The van der Waals surface area contributed by atoms with E-state index in [0.29, 0.717) is 18.7 Å². The normalized spacial score (nSPS) is 11.5. The van der Waals surface area contributed by atoms with Crippen LogP contribution in [0.4, 0.5) is 0 Å². The molecule has 5 nitrogen and oxygen atoms in total. The van der Waals surface area contributed by atoms with Crippen LogP contribution in [0.2, 0.25) is 0 Å². The number of carbonyl (C=O) groups excluding carboxylic acids is 2. The Labute approximate surface area is 148 Å². The Morgan fingerprint density at radius 1 is 1.08 bits per heavy atom. The zero-order valence-electron chi connectivity index (χ0n) is 14.9. The van der Waals surface area contributed by atoms with Crippen LogP contribution in [0.15, 0.2) is 54.6 Å². The van der Waals surface area contributed by atoms with Crippen molar-refractivity contribution in [2.45, 2.75) is 26.4 Å². The van der Waals surface area contributed by atoms with Crippen molar-refractivity contribution in [1.82, 2.24) is 10.2 Å². The van der Waals surface area contributed by atoms with Gasteiger partial charge in [-0.2, -0.15) is 0 Å². The fraction of sp³-hybridized carbons (Fsp3) is 0.300. The molecular formula is C20H24N2O3. The van der Waals surface area contributed by atoms with Gasteiger partial charge in [-0.05, 0) is 43.7 Å². The maximum absolute atomic E-state index is 12.5. The Balaban J connectivity index is 1.91. The maximum Gasteiger partial charge on any atom is 0.251 e. The first-order valence-electron chi connectivity index (χ1n) is 8.34. The highest BCUT2D eigenvalue weighted by atomic mass is 16.5. The van der Waals surface area contributed by atoms with Gasteiger partial charge in [0.2, 0.25) is 5.91 Å². The Morgan fingerprint density at radius 3 is 2.32 bits per heavy atom. The van der Waals surface area contributed by atoms with Crippen LogP contribution in [0.1, 0.15) is 29.8 Å². The third-order valence-corrected chi connectivity index (χ3v) is 3.78.